The molecule has 1 N–H and O–H groups in total. The van der Waals surface area contributed by atoms with Gasteiger partial charge in [-0.25, -0.2) is 4.98 Å². The molecule has 0 amide bonds. The van der Waals surface area contributed by atoms with Crippen molar-refractivity contribution in [1.82, 2.24) is 24.7 Å². The molecule has 0 saturated heterocycles. The van der Waals surface area contributed by atoms with Gasteiger partial charge in [0.2, 0.25) is 0 Å². The molecule has 29 heavy (non-hydrogen) atoms. The van der Waals surface area contributed by atoms with Crippen LogP contribution in [0.1, 0.15) is 35.4 Å². The quantitative estimate of drug-likeness (QED) is 0.417. The number of nitrogens with zero attached hydrogens (tertiary/aromatic N) is 4. The van der Waals surface area contributed by atoms with Crippen molar-refractivity contribution in [2.75, 3.05) is 0 Å². The number of nitrogens with one attached hydrogen (secondary N) is 1. The van der Waals surface area contributed by atoms with Crippen LogP contribution in [0.2, 0.25) is 5.02 Å². The number of rotatable bonds is 5. The molecular weight excluding hydrogens is 426 g/mol. The normalized spacial score (nSPS) is 12.6. The molecule has 150 valence electrons. The van der Waals surface area contributed by atoms with Crippen molar-refractivity contribution in [3.05, 3.63) is 55.9 Å². The van der Waals surface area contributed by atoms with E-state index in [-0.39, 0.29) is 10.8 Å². The van der Waals surface area contributed by atoms with Crippen LogP contribution in [-0.2, 0) is 6.54 Å². The van der Waals surface area contributed by atoms with Gasteiger partial charge >= 0.3 is 0 Å². The van der Waals surface area contributed by atoms with Gasteiger partial charge in [0, 0.05) is 22.0 Å². The second-order valence-corrected chi connectivity index (χ2v) is 9.68. The Morgan fingerprint density at radius 2 is 2.10 bits per heavy atom. The highest BCUT2D eigenvalue weighted by Crippen LogP contribution is 2.35. The summed E-state index contributed by atoms with van der Waals surface area (Å²) in [5.41, 5.74) is 1.84. The summed E-state index contributed by atoms with van der Waals surface area (Å²) >= 11 is 9.21. The van der Waals surface area contributed by atoms with Crippen LogP contribution in [0, 0.1) is 13.8 Å². The third kappa shape index (κ3) is 3.72. The van der Waals surface area contributed by atoms with Gasteiger partial charge in [0.1, 0.15) is 10.7 Å². The highest BCUT2D eigenvalue weighted by atomic mass is 35.5. The number of aromatic nitrogens is 5. The van der Waals surface area contributed by atoms with Crippen molar-refractivity contribution in [2.24, 2.45) is 0 Å². The third-order valence-corrected chi connectivity index (χ3v) is 7.27. The van der Waals surface area contributed by atoms with Crippen LogP contribution in [0.15, 0.2) is 34.2 Å². The largest absolute Gasteiger partial charge is 0.309 e. The number of hydrogen-bond donors (Lipinski definition) is 1. The van der Waals surface area contributed by atoms with Gasteiger partial charge in [-0.15, -0.1) is 21.5 Å². The molecule has 1 aromatic carbocycles. The fourth-order valence-electron chi connectivity index (χ4n) is 3.18. The van der Waals surface area contributed by atoms with Gasteiger partial charge in [-0.3, -0.25) is 4.79 Å². The lowest BCUT2D eigenvalue weighted by molar-refractivity contribution is 0.685. The predicted molar refractivity (Wildman–Crippen MR) is 120 cm³/mol. The van der Waals surface area contributed by atoms with E-state index in [0.29, 0.717) is 16.2 Å². The first-order chi connectivity index (χ1) is 13.9. The molecule has 0 bridgehead atoms. The zero-order chi connectivity index (χ0) is 20.7. The molecule has 9 heteroatoms. The smallest absolute Gasteiger partial charge is 0.259 e. The second-order valence-electron chi connectivity index (χ2n) is 6.74. The highest BCUT2D eigenvalue weighted by molar-refractivity contribution is 7.99. The standard InChI is InChI=1S/C20H20ClN5OS2/c1-5-26-17(13-7-6-8-14(21)9-13)24-25-20(26)29-12(4)16-22-18(27)15-10(2)11(3)28-19(15)23-16/h6-9,12H,5H2,1-4H3,(H,22,23,27). The Labute approximate surface area is 181 Å². The minimum absolute atomic E-state index is 0.0866. The number of thiophene rings is 1. The van der Waals surface area contributed by atoms with Crippen molar-refractivity contribution in [3.63, 3.8) is 0 Å². The Bertz CT molecular complexity index is 1260. The van der Waals surface area contributed by atoms with Crippen molar-refractivity contribution in [1.29, 1.82) is 0 Å². The summed E-state index contributed by atoms with van der Waals surface area (Å²) in [6, 6.07) is 7.58. The molecule has 0 fully saturated rings. The number of H-pyrrole nitrogens is 1. The third-order valence-electron chi connectivity index (χ3n) is 4.84. The summed E-state index contributed by atoms with van der Waals surface area (Å²) in [6.45, 7) is 8.76. The maximum Gasteiger partial charge on any atom is 0.259 e. The zero-order valence-corrected chi connectivity index (χ0v) is 18.9. The molecule has 4 rings (SSSR count). The van der Waals surface area contributed by atoms with E-state index in [1.54, 1.807) is 11.3 Å². The van der Waals surface area contributed by atoms with Crippen LogP contribution in [0.4, 0.5) is 0 Å². The molecule has 0 radical (unpaired) electrons. The number of aryl methyl sites for hydroxylation is 2. The average molecular weight is 446 g/mol. The second kappa shape index (κ2) is 7.93. The summed E-state index contributed by atoms with van der Waals surface area (Å²) < 4.78 is 2.04. The predicted octanol–water partition coefficient (Wildman–Crippen LogP) is 5.39. The van der Waals surface area contributed by atoms with Crippen LogP contribution in [0.5, 0.6) is 0 Å². The van der Waals surface area contributed by atoms with E-state index in [9.17, 15) is 4.79 Å². The average Bonchev–Trinajstić information content (AvgIpc) is 3.22. The number of aromatic amines is 1. The molecule has 0 spiro atoms. The van der Waals surface area contributed by atoms with Crippen LogP contribution in [-0.4, -0.2) is 24.7 Å². The molecule has 1 unspecified atom stereocenters. The minimum Gasteiger partial charge on any atom is -0.309 e. The Balaban J connectivity index is 1.68. The molecule has 0 saturated carbocycles. The summed E-state index contributed by atoms with van der Waals surface area (Å²) in [4.78, 5) is 22.2. The monoisotopic (exact) mass is 445 g/mol. The summed E-state index contributed by atoms with van der Waals surface area (Å²) in [7, 11) is 0. The molecule has 0 aliphatic carbocycles. The number of hydrogen-bond acceptors (Lipinski definition) is 6. The molecule has 0 aliphatic rings. The van der Waals surface area contributed by atoms with Crippen molar-refractivity contribution >= 4 is 44.9 Å². The van der Waals surface area contributed by atoms with Gasteiger partial charge in [0.05, 0.1) is 10.6 Å². The Morgan fingerprint density at radius 1 is 1.31 bits per heavy atom. The van der Waals surface area contributed by atoms with Crippen LogP contribution in [0.3, 0.4) is 0 Å². The van der Waals surface area contributed by atoms with Gasteiger partial charge in [-0.1, -0.05) is 35.5 Å². The molecule has 0 aliphatic heterocycles. The zero-order valence-electron chi connectivity index (χ0n) is 16.5. The summed E-state index contributed by atoms with van der Waals surface area (Å²) in [6.07, 6.45) is 0. The van der Waals surface area contributed by atoms with E-state index in [2.05, 4.69) is 22.1 Å². The van der Waals surface area contributed by atoms with E-state index < -0.39 is 0 Å². The van der Waals surface area contributed by atoms with E-state index in [1.165, 1.54) is 11.8 Å². The van der Waals surface area contributed by atoms with Gasteiger partial charge in [-0.05, 0) is 45.4 Å². The van der Waals surface area contributed by atoms with Crippen LogP contribution in [0.25, 0.3) is 21.6 Å². The van der Waals surface area contributed by atoms with Crippen molar-refractivity contribution in [3.8, 4) is 11.4 Å². The molecule has 4 aromatic rings. The first kappa shape index (κ1) is 20.1. The fraction of sp³-hybridized carbons (Fsp3) is 0.300. The fourth-order valence-corrected chi connectivity index (χ4v) is 5.38. The SMILES string of the molecule is CCn1c(SC(C)c2nc3sc(C)c(C)c3c(=O)[nH]2)nnc1-c1cccc(Cl)c1. The molecule has 3 heterocycles. The van der Waals surface area contributed by atoms with Gasteiger partial charge in [-0.2, -0.15) is 0 Å². The molecule has 1 atom stereocenters. The van der Waals surface area contributed by atoms with Gasteiger partial charge < -0.3 is 9.55 Å². The first-order valence-electron chi connectivity index (χ1n) is 9.24. The number of benzene rings is 1. The van der Waals surface area contributed by atoms with Crippen LogP contribution >= 0.6 is 34.7 Å². The van der Waals surface area contributed by atoms with Crippen molar-refractivity contribution in [2.45, 2.75) is 44.6 Å². The maximum atomic E-state index is 12.6. The van der Waals surface area contributed by atoms with E-state index in [4.69, 9.17) is 16.6 Å². The van der Waals surface area contributed by atoms with Crippen molar-refractivity contribution < 1.29 is 0 Å². The Kier molecular flexibility index (Phi) is 5.50. The number of halogens is 1. The Morgan fingerprint density at radius 3 is 2.83 bits per heavy atom. The minimum atomic E-state index is -0.0872. The van der Waals surface area contributed by atoms with Crippen LogP contribution < -0.4 is 5.56 Å². The number of thioether (sulfide) groups is 1. The van der Waals surface area contributed by atoms with E-state index >= 15 is 0 Å². The van der Waals surface area contributed by atoms with Gasteiger partial charge in [0.15, 0.2) is 11.0 Å². The maximum absolute atomic E-state index is 12.6. The van der Waals surface area contributed by atoms with Gasteiger partial charge in [0.25, 0.3) is 5.56 Å². The number of fused-ring (bicyclic) bond motifs is 1. The lowest BCUT2D eigenvalue weighted by Crippen LogP contribution is -2.12. The Hall–Kier alpha value is -2.16. The molecular formula is C20H20ClN5OS2. The molecule has 6 nitrogen and oxygen atoms in total. The first-order valence-corrected chi connectivity index (χ1v) is 11.3. The lowest BCUT2D eigenvalue weighted by Gasteiger charge is -2.12. The van der Waals surface area contributed by atoms with E-state index in [1.807, 2.05) is 49.6 Å². The topological polar surface area (TPSA) is 76.5 Å². The highest BCUT2D eigenvalue weighted by Gasteiger charge is 2.20. The lowest BCUT2D eigenvalue weighted by atomic mass is 10.2. The molecule has 3 aromatic heterocycles. The summed E-state index contributed by atoms with van der Waals surface area (Å²) in [5, 5.41) is 10.8. The summed E-state index contributed by atoms with van der Waals surface area (Å²) in [5.74, 6) is 1.41. The van der Waals surface area contributed by atoms with E-state index in [0.717, 1.165) is 38.4 Å².